The molecule has 0 saturated carbocycles. The lowest BCUT2D eigenvalue weighted by Gasteiger charge is -2.06. The first-order valence-corrected chi connectivity index (χ1v) is 6.53. The van der Waals surface area contributed by atoms with Crippen LogP contribution in [0.3, 0.4) is 0 Å². The summed E-state index contributed by atoms with van der Waals surface area (Å²) in [4.78, 5) is 3.02. The molecule has 0 radical (unpaired) electrons. The highest BCUT2D eigenvalue weighted by molar-refractivity contribution is 7.71. The summed E-state index contributed by atoms with van der Waals surface area (Å²) < 4.78 is 21.3. The third-order valence-electron chi connectivity index (χ3n) is 3.21. The Morgan fingerprint density at radius 3 is 2.76 bits per heavy atom. The van der Waals surface area contributed by atoms with E-state index in [1.165, 1.54) is 6.07 Å². The molecule has 0 aliphatic heterocycles. The second-order valence-corrected chi connectivity index (χ2v) is 4.81. The summed E-state index contributed by atoms with van der Waals surface area (Å²) in [5.74, 6) is 0.188. The minimum atomic E-state index is -0.498. The Kier molecular flexibility index (Phi) is 3.20. The number of nitrogens with one attached hydrogen (secondary N) is 1. The Bertz CT molecular complexity index is 936. The van der Waals surface area contributed by atoms with Crippen molar-refractivity contribution in [1.82, 2.24) is 9.55 Å². The number of aromatic amines is 1. The van der Waals surface area contributed by atoms with Gasteiger partial charge in [0.1, 0.15) is 11.6 Å². The van der Waals surface area contributed by atoms with Crippen molar-refractivity contribution >= 4 is 23.3 Å². The summed E-state index contributed by atoms with van der Waals surface area (Å²) >= 11 is 5.27. The largest absolute Gasteiger partial charge is 0.497 e. The summed E-state index contributed by atoms with van der Waals surface area (Å²) in [6, 6.07) is 11.6. The molecule has 0 saturated heterocycles. The minimum absolute atomic E-state index is 0.268. The molecule has 2 aromatic carbocycles. The van der Waals surface area contributed by atoms with Crippen LogP contribution in [0.2, 0.25) is 0 Å². The molecule has 6 heteroatoms. The van der Waals surface area contributed by atoms with Crippen LogP contribution in [0.1, 0.15) is 5.56 Å². The summed E-state index contributed by atoms with van der Waals surface area (Å²) in [5, 5.41) is 8.80. The molecule has 0 amide bonds. The second-order valence-electron chi connectivity index (χ2n) is 4.43. The average molecular weight is 299 g/mol. The van der Waals surface area contributed by atoms with Crippen LogP contribution < -0.4 is 4.74 Å². The van der Waals surface area contributed by atoms with E-state index in [1.54, 1.807) is 42.0 Å². The molecule has 0 atom stereocenters. The van der Waals surface area contributed by atoms with E-state index >= 15 is 0 Å². The lowest BCUT2D eigenvalue weighted by atomic mass is 10.2. The number of hydrogen-bond acceptors (Lipinski definition) is 3. The van der Waals surface area contributed by atoms with Crippen LogP contribution >= 0.6 is 12.2 Å². The fourth-order valence-corrected chi connectivity index (χ4v) is 2.52. The standard InChI is InChI=1S/C15H10FN3OS/c1-20-10-3-5-14-12(7-10)18-15(21)19(14)13-4-2-9(8-17)6-11(13)16/h2-7H,1H3,(H,18,21). The summed E-state index contributed by atoms with van der Waals surface area (Å²) in [5.41, 5.74) is 2.06. The lowest BCUT2D eigenvalue weighted by molar-refractivity contribution is 0.415. The van der Waals surface area contributed by atoms with Gasteiger partial charge < -0.3 is 9.72 Å². The lowest BCUT2D eigenvalue weighted by Crippen LogP contribution is -1.98. The van der Waals surface area contributed by atoms with Crippen molar-refractivity contribution in [2.75, 3.05) is 7.11 Å². The van der Waals surface area contributed by atoms with E-state index in [-0.39, 0.29) is 5.56 Å². The van der Waals surface area contributed by atoms with Crippen molar-refractivity contribution < 1.29 is 9.13 Å². The molecular weight excluding hydrogens is 289 g/mol. The molecule has 1 aromatic heterocycles. The average Bonchev–Trinajstić information content (AvgIpc) is 2.82. The van der Waals surface area contributed by atoms with Gasteiger partial charge in [-0.2, -0.15) is 5.26 Å². The predicted octanol–water partition coefficient (Wildman–Crippen LogP) is 3.71. The molecule has 1 N–H and O–H groups in total. The topological polar surface area (TPSA) is 53.7 Å². The maximum absolute atomic E-state index is 14.2. The van der Waals surface area contributed by atoms with Crippen LogP contribution in [0.25, 0.3) is 16.7 Å². The van der Waals surface area contributed by atoms with Gasteiger partial charge in [-0.05, 0) is 42.5 Å². The number of H-pyrrole nitrogens is 1. The Morgan fingerprint density at radius 2 is 2.10 bits per heavy atom. The first-order valence-electron chi connectivity index (χ1n) is 6.13. The van der Waals surface area contributed by atoms with E-state index in [9.17, 15) is 4.39 Å². The van der Waals surface area contributed by atoms with Crippen molar-refractivity contribution in [3.8, 4) is 17.5 Å². The molecule has 0 unspecified atom stereocenters. The zero-order valence-electron chi connectivity index (χ0n) is 11.1. The zero-order valence-corrected chi connectivity index (χ0v) is 11.9. The van der Waals surface area contributed by atoms with Crippen LogP contribution in [0.5, 0.6) is 5.75 Å². The minimum Gasteiger partial charge on any atom is -0.497 e. The SMILES string of the molecule is COc1ccc2c(c1)[nH]c(=S)n2-c1ccc(C#N)cc1F. The van der Waals surface area contributed by atoms with E-state index in [0.29, 0.717) is 16.2 Å². The highest BCUT2D eigenvalue weighted by Gasteiger charge is 2.12. The highest BCUT2D eigenvalue weighted by atomic mass is 32.1. The van der Waals surface area contributed by atoms with E-state index in [0.717, 1.165) is 11.0 Å². The van der Waals surface area contributed by atoms with Gasteiger partial charge in [0.15, 0.2) is 4.77 Å². The summed E-state index contributed by atoms with van der Waals surface area (Å²) in [6.45, 7) is 0. The molecular formula is C15H10FN3OS. The number of nitriles is 1. The van der Waals surface area contributed by atoms with E-state index < -0.39 is 5.82 Å². The van der Waals surface area contributed by atoms with Crippen LogP contribution in [-0.4, -0.2) is 16.7 Å². The Labute approximate surface area is 125 Å². The van der Waals surface area contributed by atoms with Crippen molar-refractivity contribution in [3.05, 3.63) is 52.5 Å². The molecule has 0 spiro atoms. The molecule has 0 aliphatic rings. The van der Waals surface area contributed by atoms with Gasteiger partial charge in [0.2, 0.25) is 0 Å². The molecule has 4 nitrogen and oxygen atoms in total. The Balaban J connectivity index is 2.28. The van der Waals surface area contributed by atoms with Crippen molar-refractivity contribution in [2.24, 2.45) is 0 Å². The molecule has 21 heavy (non-hydrogen) atoms. The predicted molar refractivity (Wildman–Crippen MR) is 79.7 cm³/mol. The number of ether oxygens (including phenoxy) is 1. The number of hydrogen-bond donors (Lipinski definition) is 1. The monoisotopic (exact) mass is 299 g/mol. The van der Waals surface area contributed by atoms with E-state index in [4.69, 9.17) is 22.2 Å². The van der Waals surface area contributed by atoms with Gasteiger partial charge in [0.25, 0.3) is 0 Å². The molecule has 104 valence electrons. The van der Waals surface area contributed by atoms with Crippen LogP contribution in [-0.2, 0) is 0 Å². The fourth-order valence-electron chi connectivity index (χ4n) is 2.21. The Morgan fingerprint density at radius 1 is 1.29 bits per heavy atom. The quantitative estimate of drug-likeness (QED) is 0.734. The maximum Gasteiger partial charge on any atom is 0.182 e. The molecule has 0 aliphatic carbocycles. The first kappa shape index (κ1) is 13.3. The number of methoxy groups -OCH3 is 1. The van der Waals surface area contributed by atoms with Crippen LogP contribution in [0, 0.1) is 21.9 Å². The molecule has 0 bridgehead atoms. The second kappa shape index (κ2) is 5.04. The van der Waals surface area contributed by atoms with Gasteiger partial charge in [0, 0.05) is 6.07 Å². The summed E-state index contributed by atoms with van der Waals surface area (Å²) in [6.07, 6.45) is 0. The van der Waals surface area contributed by atoms with Gasteiger partial charge in [0.05, 0.1) is 35.5 Å². The molecule has 1 heterocycles. The van der Waals surface area contributed by atoms with Gasteiger partial charge in [-0.3, -0.25) is 4.57 Å². The number of nitrogens with zero attached hydrogens (tertiary/aromatic N) is 2. The van der Waals surface area contributed by atoms with Gasteiger partial charge >= 0.3 is 0 Å². The van der Waals surface area contributed by atoms with Crippen molar-refractivity contribution in [2.45, 2.75) is 0 Å². The number of rotatable bonds is 2. The molecule has 0 fully saturated rings. The maximum atomic E-state index is 14.2. The number of imidazole rings is 1. The van der Waals surface area contributed by atoms with Crippen molar-refractivity contribution in [3.63, 3.8) is 0 Å². The number of halogens is 1. The number of fused-ring (bicyclic) bond motifs is 1. The highest BCUT2D eigenvalue weighted by Crippen LogP contribution is 2.25. The number of benzene rings is 2. The van der Waals surface area contributed by atoms with Gasteiger partial charge in [-0.1, -0.05) is 0 Å². The van der Waals surface area contributed by atoms with Crippen LogP contribution in [0.15, 0.2) is 36.4 Å². The van der Waals surface area contributed by atoms with E-state index in [2.05, 4.69) is 4.98 Å². The van der Waals surface area contributed by atoms with Gasteiger partial charge in [-0.25, -0.2) is 4.39 Å². The molecule has 3 aromatic rings. The van der Waals surface area contributed by atoms with Crippen LogP contribution in [0.4, 0.5) is 4.39 Å². The first-order chi connectivity index (χ1) is 10.1. The van der Waals surface area contributed by atoms with E-state index in [1.807, 2.05) is 6.07 Å². The fraction of sp³-hybridized carbons (Fsp3) is 0.0667. The molecule has 3 rings (SSSR count). The summed E-state index contributed by atoms with van der Waals surface area (Å²) in [7, 11) is 1.58. The smallest absolute Gasteiger partial charge is 0.182 e. The van der Waals surface area contributed by atoms with Crippen molar-refractivity contribution in [1.29, 1.82) is 5.26 Å². The normalized spacial score (nSPS) is 10.5. The number of aromatic nitrogens is 2. The van der Waals surface area contributed by atoms with Gasteiger partial charge in [-0.15, -0.1) is 0 Å². The Hall–Kier alpha value is -2.65. The third kappa shape index (κ3) is 2.18. The third-order valence-corrected chi connectivity index (χ3v) is 3.49. The zero-order chi connectivity index (χ0) is 15.0.